The number of fused-ring (bicyclic) bond motifs is 4. The minimum atomic E-state index is -0.146. The summed E-state index contributed by atoms with van der Waals surface area (Å²) >= 11 is 4.22. The second-order valence-electron chi connectivity index (χ2n) is 7.36. The van der Waals surface area contributed by atoms with Crippen LogP contribution in [-0.2, 0) is 7.05 Å². The van der Waals surface area contributed by atoms with Gasteiger partial charge in [0.15, 0.2) is 4.96 Å². The van der Waals surface area contributed by atoms with Gasteiger partial charge in [0.1, 0.15) is 24.5 Å². The summed E-state index contributed by atoms with van der Waals surface area (Å²) in [6, 6.07) is 13.4. The summed E-state index contributed by atoms with van der Waals surface area (Å²) in [6.07, 6.45) is 0. The number of rotatable bonds is 1. The minimum Gasteiger partial charge on any atom is -0.497 e. The third kappa shape index (κ3) is 2.63. The highest BCUT2D eigenvalue weighted by Gasteiger charge is 2.25. The molecule has 0 radical (unpaired) electrons. The number of methoxy groups -OCH3 is 1. The molecular formula is C22H16N4O3S3. The topological polar surface area (TPSA) is 68.8 Å². The van der Waals surface area contributed by atoms with Gasteiger partial charge in [0.2, 0.25) is 0 Å². The van der Waals surface area contributed by atoms with Crippen molar-refractivity contribution in [1.82, 2.24) is 14.0 Å². The van der Waals surface area contributed by atoms with Crippen LogP contribution in [0.4, 0.5) is 5.69 Å². The van der Waals surface area contributed by atoms with E-state index in [-0.39, 0.29) is 11.1 Å². The van der Waals surface area contributed by atoms with Gasteiger partial charge in [0, 0.05) is 25.1 Å². The fraction of sp³-hybridized carbons (Fsp3) is 0.136. The molecule has 32 heavy (non-hydrogen) atoms. The van der Waals surface area contributed by atoms with Crippen LogP contribution in [0.2, 0.25) is 0 Å². The lowest BCUT2D eigenvalue weighted by molar-refractivity contribution is 0.414. The summed E-state index contributed by atoms with van der Waals surface area (Å²) in [7, 11) is 5.29. The third-order valence-corrected chi connectivity index (χ3v) is 9.32. The van der Waals surface area contributed by atoms with E-state index in [1.165, 1.54) is 22.7 Å². The summed E-state index contributed by atoms with van der Waals surface area (Å²) in [5.74, 6) is 0.766. The molecule has 0 saturated heterocycles. The van der Waals surface area contributed by atoms with Gasteiger partial charge in [-0.15, -0.1) is 11.3 Å². The van der Waals surface area contributed by atoms with E-state index in [4.69, 9.17) is 4.74 Å². The first-order valence-corrected chi connectivity index (χ1v) is 12.2. The largest absolute Gasteiger partial charge is 0.497 e. The standard InChI is InChI=1S/C22H16N4O3S3/c1-24-14-10-11(29-3)8-9-15(14)30-20(24)16-18(27)25(2)21(31-16)17-19(28)26-13-7-5-4-6-12(13)23-22(26)32-17/h4-10H,1-3H3/b20-16-,21-17+. The van der Waals surface area contributed by atoms with E-state index in [1.54, 1.807) is 34.9 Å². The number of anilines is 1. The lowest BCUT2D eigenvalue weighted by atomic mass is 10.3. The second-order valence-corrected chi connectivity index (χ2v) is 10.4. The van der Waals surface area contributed by atoms with E-state index in [0.717, 1.165) is 32.4 Å². The first kappa shape index (κ1) is 19.6. The van der Waals surface area contributed by atoms with Gasteiger partial charge in [-0.1, -0.05) is 35.2 Å². The summed E-state index contributed by atoms with van der Waals surface area (Å²) in [4.78, 5) is 34.8. The number of ether oxygens (including phenoxy) is 1. The summed E-state index contributed by atoms with van der Waals surface area (Å²) in [5.41, 5.74) is 2.30. The molecule has 1 aliphatic heterocycles. The lowest BCUT2D eigenvalue weighted by Gasteiger charge is -2.13. The van der Waals surface area contributed by atoms with Crippen molar-refractivity contribution in [3.63, 3.8) is 0 Å². The molecule has 5 aromatic rings. The molecule has 4 heterocycles. The Morgan fingerprint density at radius 3 is 2.59 bits per heavy atom. The smallest absolute Gasteiger partial charge is 0.277 e. The number of benzene rings is 2. The molecule has 1 aliphatic rings. The molecule has 160 valence electrons. The van der Waals surface area contributed by atoms with Gasteiger partial charge in [-0.3, -0.25) is 9.59 Å². The maximum absolute atomic E-state index is 13.3. The number of nitrogens with zero attached hydrogens (tertiary/aromatic N) is 4. The zero-order chi connectivity index (χ0) is 22.1. The average Bonchev–Trinajstić information content (AvgIpc) is 3.50. The minimum absolute atomic E-state index is 0.116. The fourth-order valence-electron chi connectivity index (χ4n) is 3.88. The van der Waals surface area contributed by atoms with Gasteiger partial charge < -0.3 is 14.2 Å². The van der Waals surface area contributed by atoms with Gasteiger partial charge >= 0.3 is 0 Å². The number of imidazole rings is 1. The Labute approximate surface area is 193 Å². The van der Waals surface area contributed by atoms with E-state index >= 15 is 0 Å². The van der Waals surface area contributed by atoms with Crippen LogP contribution in [-0.4, -0.2) is 28.1 Å². The van der Waals surface area contributed by atoms with Crippen molar-refractivity contribution in [1.29, 1.82) is 0 Å². The van der Waals surface area contributed by atoms with Gasteiger partial charge in [-0.2, -0.15) is 0 Å². The van der Waals surface area contributed by atoms with Crippen molar-refractivity contribution in [2.75, 3.05) is 19.1 Å². The molecule has 0 fully saturated rings. The molecule has 0 unspecified atom stereocenters. The molecule has 0 saturated carbocycles. The zero-order valence-corrected chi connectivity index (χ0v) is 19.7. The first-order chi connectivity index (χ1) is 15.5. The highest BCUT2D eigenvalue weighted by atomic mass is 32.2. The predicted molar refractivity (Wildman–Crippen MR) is 130 cm³/mol. The lowest BCUT2D eigenvalue weighted by Crippen LogP contribution is -2.30. The molecule has 3 aromatic heterocycles. The molecule has 2 aromatic carbocycles. The summed E-state index contributed by atoms with van der Waals surface area (Å²) in [6.45, 7) is 0. The van der Waals surface area contributed by atoms with Crippen LogP contribution in [0.1, 0.15) is 0 Å². The molecule has 7 nitrogen and oxygen atoms in total. The highest BCUT2D eigenvalue weighted by Crippen LogP contribution is 2.46. The Bertz CT molecular complexity index is 1830. The number of aromatic nitrogens is 3. The molecular weight excluding hydrogens is 464 g/mol. The predicted octanol–water partition coefficient (Wildman–Crippen LogP) is 2.99. The quantitative estimate of drug-likeness (QED) is 0.368. The number of thioether (sulfide) groups is 1. The summed E-state index contributed by atoms with van der Waals surface area (Å²) in [5, 5.41) is 0.851. The molecule has 0 atom stereocenters. The normalized spacial score (nSPS) is 16.3. The molecule has 6 rings (SSSR count). The monoisotopic (exact) mass is 480 g/mol. The number of para-hydroxylation sites is 2. The number of hydrogen-bond acceptors (Lipinski definition) is 8. The summed E-state index contributed by atoms with van der Waals surface area (Å²) < 4.78 is 10.3. The van der Waals surface area contributed by atoms with Gasteiger partial charge in [0.25, 0.3) is 11.1 Å². The van der Waals surface area contributed by atoms with E-state index < -0.39 is 0 Å². The van der Waals surface area contributed by atoms with Crippen molar-refractivity contribution < 1.29 is 4.74 Å². The van der Waals surface area contributed by atoms with Crippen LogP contribution < -0.4 is 25.3 Å². The van der Waals surface area contributed by atoms with Crippen molar-refractivity contribution in [2.45, 2.75) is 4.90 Å². The van der Waals surface area contributed by atoms with Crippen LogP contribution in [0.25, 0.3) is 21.0 Å². The van der Waals surface area contributed by atoms with Crippen molar-refractivity contribution in [3.05, 3.63) is 76.9 Å². The van der Waals surface area contributed by atoms with E-state index in [0.29, 0.717) is 18.7 Å². The number of thiazole rings is 2. The Balaban J connectivity index is 1.66. The second kappa shape index (κ2) is 6.96. The van der Waals surface area contributed by atoms with E-state index in [1.807, 2.05) is 54.4 Å². The molecule has 0 amide bonds. The van der Waals surface area contributed by atoms with Crippen LogP contribution in [0, 0.1) is 9.20 Å². The number of hydrogen-bond donors (Lipinski definition) is 0. The molecule has 0 spiro atoms. The Morgan fingerprint density at radius 2 is 1.78 bits per heavy atom. The highest BCUT2D eigenvalue weighted by molar-refractivity contribution is 8.08. The Morgan fingerprint density at radius 1 is 0.969 bits per heavy atom. The van der Waals surface area contributed by atoms with Crippen molar-refractivity contribution in [2.24, 2.45) is 7.05 Å². The zero-order valence-electron chi connectivity index (χ0n) is 17.3. The Hall–Kier alpha value is -3.08. The van der Waals surface area contributed by atoms with Crippen LogP contribution >= 0.6 is 34.4 Å². The molecule has 0 N–H and O–H groups in total. The maximum atomic E-state index is 13.3. The van der Waals surface area contributed by atoms with Crippen LogP contribution in [0.15, 0.2) is 56.9 Å². The van der Waals surface area contributed by atoms with Gasteiger partial charge in [0.05, 0.1) is 23.8 Å². The van der Waals surface area contributed by atoms with Crippen molar-refractivity contribution in [3.8, 4) is 5.75 Å². The fourth-order valence-corrected chi connectivity index (χ4v) is 7.48. The van der Waals surface area contributed by atoms with Crippen LogP contribution in [0.3, 0.4) is 0 Å². The van der Waals surface area contributed by atoms with Gasteiger partial charge in [-0.05, 0) is 24.3 Å². The first-order valence-electron chi connectivity index (χ1n) is 9.72. The van der Waals surface area contributed by atoms with Gasteiger partial charge in [-0.25, -0.2) is 9.38 Å². The average molecular weight is 481 g/mol. The molecule has 0 bridgehead atoms. The third-order valence-electron chi connectivity index (χ3n) is 5.55. The van der Waals surface area contributed by atoms with E-state index in [2.05, 4.69) is 4.98 Å². The van der Waals surface area contributed by atoms with Crippen LogP contribution in [0.5, 0.6) is 5.75 Å². The molecule has 0 aliphatic carbocycles. The van der Waals surface area contributed by atoms with E-state index in [9.17, 15) is 9.59 Å². The SMILES string of the molecule is COc1ccc2c(c1)N(C)/C(=c1/s/c(=c3/sc4nc5ccccc5n4c3=O)n(C)c1=O)S2. The maximum Gasteiger partial charge on any atom is 0.277 e. The van der Waals surface area contributed by atoms with Crippen molar-refractivity contribution >= 4 is 61.1 Å². The molecule has 10 heteroatoms. The Kier molecular flexibility index (Phi) is 4.26.